The smallest absolute Gasteiger partial charge is 0.104 e. The van der Waals surface area contributed by atoms with Crippen molar-refractivity contribution in [2.24, 2.45) is 0 Å². The van der Waals surface area contributed by atoms with E-state index in [9.17, 15) is 5.11 Å². The van der Waals surface area contributed by atoms with Gasteiger partial charge in [-0.25, -0.2) is 0 Å². The molecule has 0 aliphatic rings. The van der Waals surface area contributed by atoms with Crippen molar-refractivity contribution in [1.29, 1.82) is 0 Å². The zero-order chi connectivity index (χ0) is 13.1. The third kappa shape index (κ3) is 2.95. The van der Waals surface area contributed by atoms with Crippen molar-refractivity contribution in [3.05, 3.63) is 64.7 Å². The summed E-state index contributed by atoms with van der Waals surface area (Å²) >= 11 is 1.71. The molecule has 1 unspecified atom stereocenters. The van der Waals surface area contributed by atoms with Crippen LogP contribution < -0.4 is 0 Å². The van der Waals surface area contributed by atoms with Gasteiger partial charge in [0.1, 0.15) is 6.10 Å². The highest BCUT2D eigenvalue weighted by atomic mass is 32.2. The minimum atomic E-state index is -0.542. The first kappa shape index (κ1) is 13.2. The number of hydrogen-bond donors (Lipinski definition) is 1. The Balaban J connectivity index is 2.31. The Morgan fingerprint density at radius 1 is 0.889 bits per heavy atom. The lowest BCUT2D eigenvalue weighted by atomic mass is 9.98. The van der Waals surface area contributed by atoms with Gasteiger partial charge in [-0.1, -0.05) is 41.5 Å². The Morgan fingerprint density at radius 3 is 1.94 bits per heavy atom. The van der Waals surface area contributed by atoms with Crippen molar-refractivity contribution < 1.29 is 5.11 Å². The van der Waals surface area contributed by atoms with Gasteiger partial charge in [0.15, 0.2) is 0 Å². The lowest BCUT2D eigenvalue weighted by Gasteiger charge is -2.13. The van der Waals surface area contributed by atoms with Crippen LogP contribution in [-0.2, 0) is 0 Å². The zero-order valence-electron chi connectivity index (χ0n) is 11.0. The lowest BCUT2D eigenvalue weighted by molar-refractivity contribution is 0.220. The molecule has 1 atom stereocenters. The summed E-state index contributed by atoms with van der Waals surface area (Å²) in [6.45, 7) is 4.11. The Hall–Kier alpha value is -1.25. The molecule has 2 aromatic rings. The number of benzene rings is 2. The van der Waals surface area contributed by atoms with Gasteiger partial charge < -0.3 is 5.11 Å². The van der Waals surface area contributed by atoms with E-state index in [-0.39, 0.29) is 0 Å². The SMILES string of the molecule is CSc1ccc(C(O)c2cc(C)cc(C)c2)cc1. The largest absolute Gasteiger partial charge is 0.384 e. The predicted molar refractivity (Wildman–Crippen MR) is 78.2 cm³/mol. The predicted octanol–water partition coefficient (Wildman–Crippen LogP) is 4.11. The van der Waals surface area contributed by atoms with Crippen LogP contribution in [0.15, 0.2) is 47.4 Å². The lowest BCUT2D eigenvalue weighted by Crippen LogP contribution is -2.00. The highest BCUT2D eigenvalue weighted by Crippen LogP contribution is 2.25. The van der Waals surface area contributed by atoms with Crippen LogP contribution in [0, 0.1) is 13.8 Å². The molecule has 0 spiro atoms. The summed E-state index contributed by atoms with van der Waals surface area (Å²) < 4.78 is 0. The Bertz CT molecular complexity index is 511. The fourth-order valence-corrected chi connectivity index (χ4v) is 2.55. The van der Waals surface area contributed by atoms with Gasteiger partial charge in [-0.05, 0) is 43.4 Å². The number of aliphatic hydroxyl groups excluding tert-OH is 1. The van der Waals surface area contributed by atoms with E-state index in [1.54, 1.807) is 11.8 Å². The first-order valence-electron chi connectivity index (χ1n) is 6.00. The molecule has 0 saturated carbocycles. The van der Waals surface area contributed by atoms with Gasteiger partial charge in [0, 0.05) is 4.90 Å². The standard InChI is InChI=1S/C16H18OS/c1-11-8-12(2)10-14(9-11)16(17)13-4-6-15(18-3)7-5-13/h4-10,16-17H,1-3H3. The number of rotatable bonds is 3. The van der Waals surface area contributed by atoms with E-state index in [0.717, 1.165) is 11.1 Å². The Kier molecular flexibility index (Phi) is 4.10. The van der Waals surface area contributed by atoms with Crippen LogP contribution in [0.4, 0.5) is 0 Å². The van der Waals surface area contributed by atoms with Crippen molar-refractivity contribution in [3.8, 4) is 0 Å². The summed E-state index contributed by atoms with van der Waals surface area (Å²) in [6.07, 6.45) is 1.51. The van der Waals surface area contributed by atoms with Crippen LogP contribution in [0.2, 0.25) is 0 Å². The summed E-state index contributed by atoms with van der Waals surface area (Å²) in [5.41, 5.74) is 4.27. The molecule has 2 rings (SSSR count). The molecule has 94 valence electrons. The highest BCUT2D eigenvalue weighted by Gasteiger charge is 2.10. The monoisotopic (exact) mass is 258 g/mol. The molecular formula is C16H18OS. The second kappa shape index (κ2) is 5.59. The third-order valence-corrected chi connectivity index (χ3v) is 3.73. The summed E-state index contributed by atoms with van der Waals surface area (Å²) in [4.78, 5) is 1.21. The maximum Gasteiger partial charge on any atom is 0.104 e. The van der Waals surface area contributed by atoms with Crippen LogP contribution in [-0.4, -0.2) is 11.4 Å². The van der Waals surface area contributed by atoms with E-state index >= 15 is 0 Å². The van der Waals surface area contributed by atoms with Gasteiger partial charge >= 0.3 is 0 Å². The van der Waals surface area contributed by atoms with Gasteiger partial charge in [0.05, 0.1) is 0 Å². The topological polar surface area (TPSA) is 20.2 Å². The van der Waals surface area contributed by atoms with E-state index in [1.165, 1.54) is 16.0 Å². The molecule has 0 radical (unpaired) electrons. The van der Waals surface area contributed by atoms with Crippen molar-refractivity contribution in [2.45, 2.75) is 24.8 Å². The number of aliphatic hydroxyl groups is 1. The second-order valence-corrected chi connectivity index (χ2v) is 5.48. The quantitative estimate of drug-likeness (QED) is 0.836. The summed E-state index contributed by atoms with van der Waals surface area (Å²) in [6, 6.07) is 14.3. The second-order valence-electron chi connectivity index (χ2n) is 4.60. The number of hydrogen-bond acceptors (Lipinski definition) is 2. The maximum atomic E-state index is 10.4. The van der Waals surface area contributed by atoms with Crippen LogP contribution in [0.25, 0.3) is 0 Å². The molecule has 0 fully saturated rings. The molecule has 2 aromatic carbocycles. The summed E-state index contributed by atoms with van der Waals surface area (Å²) in [7, 11) is 0. The maximum absolute atomic E-state index is 10.4. The molecule has 0 aliphatic carbocycles. The minimum Gasteiger partial charge on any atom is -0.384 e. The van der Waals surface area contributed by atoms with E-state index < -0.39 is 6.10 Å². The highest BCUT2D eigenvalue weighted by molar-refractivity contribution is 7.98. The molecule has 0 amide bonds. The van der Waals surface area contributed by atoms with Gasteiger partial charge in [0.25, 0.3) is 0 Å². The minimum absolute atomic E-state index is 0.542. The molecule has 0 saturated heterocycles. The average Bonchev–Trinajstić information content (AvgIpc) is 2.37. The fraction of sp³-hybridized carbons (Fsp3) is 0.250. The van der Waals surface area contributed by atoms with Gasteiger partial charge in [-0.15, -0.1) is 11.8 Å². The summed E-state index contributed by atoms with van der Waals surface area (Å²) in [5, 5.41) is 10.4. The fourth-order valence-electron chi connectivity index (χ4n) is 2.15. The molecule has 1 N–H and O–H groups in total. The van der Waals surface area contributed by atoms with Crippen LogP contribution in [0.3, 0.4) is 0 Å². The molecule has 0 heterocycles. The molecule has 2 heteroatoms. The molecule has 18 heavy (non-hydrogen) atoms. The number of aryl methyl sites for hydroxylation is 2. The van der Waals surface area contributed by atoms with E-state index in [2.05, 4.69) is 26.2 Å². The molecule has 0 aliphatic heterocycles. The van der Waals surface area contributed by atoms with Crippen LogP contribution >= 0.6 is 11.8 Å². The van der Waals surface area contributed by atoms with E-state index in [0.29, 0.717) is 0 Å². The first-order chi connectivity index (χ1) is 8.60. The van der Waals surface area contributed by atoms with Crippen molar-refractivity contribution >= 4 is 11.8 Å². The third-order valence-electron chi connectivity index (χ3n) is 2.99. The first-order valence-corrected chi connectivity index (χ1v) is 7.23. The molecule has 0 aromatic heterocycles. The van der Waals surface area contributed by atoms with Gasteiger partial charge in [0.2, 0.25) is 0 Å². The van der Waals surface area contributed by atoms with Gasteiger partial charge in [-0.3, -0.25) is 0 Å². The Morgan fingerprint density at radius 2 is 1.44 bits per heavy atom. The normalized spacial score (nSPS) is 12.4. The number of thioether (sulfide) groups is 1. The molecule has 0 bridgehead atoms. The van der Waals surface area contributed by atoms with Crippen LogP contribution in [0.5, 0.6) is 0 Å². The summed E-state index contributed by atoms with van der Waals surface area (Å²) in [5.74, 6) is 0. The van der Waals surface area contributed by atoms with Crippen LogP contribution in [0.1, 0.15) is 28.4 Å². The van der Waals surface area contributed by atoms with E-state index in [1.807, 2.05) is 36.4 Å². The Labute approximate surface area is 113 Å². The zero-order valence-corrected chi connectivity index (χ0v) is 11.8. The van der Waals surface area contributed by atoms with Crippen molar-refractivity contribution in [1.82, 2.24) is 0 Å². The average molecular weight is 258 g/mol. The van der Waals surface area contributed by atoms with Crippen molar-refractivity contribution in [3.63, 3.8) is 0 Å². The molecular weight excluding hydrogens is 240 g/mol. The van der Waals surface area contributed by atoms with Crippen molar-refractivity contribution in [2.75, 3.05) is 6.26 Å². The van der Waals surface area contributed by atoms with E-state index in [4.69, 9.17) is 0 Å². The molecule has 1 nitrogen and oxygen atoms in total. The van der Waals surface area contributed by atoms with Gasteiger partial charge in [-0.2, -0.15) is 0 Å².